The maximum absolute atomic E-state index is 11.1. The maximum Gasteiger partial charge on any atom is 0.237 e. The molecule has 92 valence electrons. The van der Waals surface area contributed by atoms with Crippen molar-refractivity contribution in [2.24, 2.45) is 5.73 Å². The molecule has 6 heteroatoms. The van der Waals surface area contributed by atoms with Crippen molar-refractivity contribution in [1.29, 1.82) is 5.26 Å². The van der Waals surface area contributed by atoms with E-state index in [-0.39, 0.29) is 11.9 Å². The first-order chi connectivity index (χ1) is 8.52. The summed E-state index contributed by atoms with van der Waals surface area (Å²) >= 11 is 6.04. The van der Waals surface area contributed by atoms with Gasteiger partial charge in [0.1, 0.15) is 12.4 Å². The van der Waals surface area contributed by atoms with Gasteiger partial charge < -0.3 is 10.3 Å². The Labute approximate surface area is 109 Å². The van der Waals surface area contributed by atoms with Gasteiger partial charge in [-0.15, -0.1) is 11.6 Å². The summed E-state index contributed by atoms with van der Waals surface area (Å²) < 4.78 is 1.65. The van der Waals surface area contributed by atoms with Gasteiger partial charge in [0.15, 0.2) is 0 Å². The van der Waals surface area contributed by atoms with Gasteiger partial charge in [0.2, 0.25) is 5.91 Å². The van der Waals surface area contributed by atoms with Crippen molar-refractivity contribution in [1.82, 2.24) is 9.55 Å². The number of fused-ring (bicyclic) bond motifs is 1. The van der Waals surface area contributed by atoms with Crippen LogP contribution < -0.4 is 5.73 Å². The van der Waals surface area contributed by atoms with Crippen LogP contribution in [0.2, 0.25) is 0 Å². The van der Waals surface area contributed by atoms with Crippen LogP contribution in [0.4, 0.5) is 0 Å². The highest BCUT2D eigenvalue weighted by atomic mass is 35.5. The average Bonchev–Trinajstić information content (AvgIpc) is 2.67. The molecule has 0 spiro atoms. The first kappa shape index (κ1) is 12.4. The number of hydrogen-bond acceptors (Lipinski definition) is 3. The molecule has 18 heavy (non-hydrogen) atoms. The smallest absolute Gasteiger partial charge is 0.237 e. The summed E-state index contributed by atoms with van der Waals surface area (Å²) in [5, 5.41) is 8.54. The Bertz CT molecular complexity index is 654. The van der Waals surface area contributed by atoms with Crippen molar-refractivity contribution >= 4 is 28.5 Å². The second-order valence-electron chi connectivity index (χ2n) is 3.95. The zero-order chi connectivity index (χ0) is 13.3. The lowest BCUT2D eigenvalue weighted by atomic mass is 10.2. The van der Waals surface area contributed by atoms with Gasteiger partial charge in [-0.3, -0.25) is 4.79 Å². The fraction of sp³-hybridized carbons (Fsp3) is 0.250. The summed E-state index contributed by atoms with van der Waals surface area (Å²) in [5.41, 5.74) is 7.10. The fourth-order valence-electron chi connectivity index (χ4n) is 1.84. The Morgan fingerprint density at radius 1 is 1.67 bits per heavy atom. The third kappa shape index (κ3) is 2.15. The zero-order valence-corrected chi connectivity index (χ0v) is 10.5. The molecule has 1 aromatic carbocycles. The molecule has 0 fully saturated rings. The third-order valence-electron chi connectivity index (χ3n) is 2.58. The van der Waals surface area contributed by atoms with E-state index in [4.69, 9.17) is 22.6 Å². The second kappa shape index (κ2) is 4.67. The fourth-order valence-corrected chi connectivity index (χ4v) is 2.00. The predicted molar refractivity (Wildman–Crippen MR) is 67.9 cm³/mol. The van der Waals surface area contributed by atoms with Gasteiger partial charge in [-0.1, -0.05) is 0 Å². The van der Waals surface area contributed by atoms with Gasteiger partial charge in [-0.25, -0.2) is 4.98 Å². The van der Waals surface area contributed by atoms with E-state index in [1.54, 1.807) is 29.7 Å². The minimum atomic E-state index is -0.477. The van der Waals surface area contributed by atoms with Gasteiger partial charge in [-0.2, -0.15) is 5.26 Å². The Hall–Kier alpha value is -2.06. The highest BCUT2D eigenvalue weighted by molar-refractivity contribution is 6.20. The number of aromatic nitrogens is 2. The van der Waals surface area contributed by atoms with E-state index >= 15 is 0 Å². The molecule has 1 unspecified atom stereocenters. The Balaban J connectivity index is 2.70. The zero-order valence-electron chi connectivity index (χ0n) is 9.72. The van der Waals surface area contributed by atoms with E-state index < -0.39 is 5.91 Å². The van der Waals surface area contributed by atoms with E-state index in [1.165, 1.54) is 0 Å². The quantitative estimate of drug-likeness (QED) is 0.854. The third-order valence-corrected chi connectivity index (χ3v) is 2.77. The summed E-state index contributed by atoms with van der Waals surface area (Å²) in [7, 11) is 0. The van der Waals surface area contributed by atoms with Crippen molar-refractivity contribution in [2.45, 2.75) is 18.8 Å². The van der Waals surface area contributed by atoms with Crippen molar-refractivity contribution in [3.63, 3.8) is 0 Å². The number of carbonyl (C=O) groups is 1. The Morgan fingerprint density at radius 3 is 2.94 bits per heavy atom. The largest absolute Gasteiger partial charge is 0.368 e. The number of carbonyl (C=O) groups excluding carboxylic acids is 1. The van der Waals surface area contributed by atoms with Crippen molar-refractivity contribution < 1.29 is 4.79 Å². The maximum atomic E-state index is 11.1. The van der Waals surface area contributed by atoms with Gasteiger partial charge in [0.05, 0.1) is 28.0 Å². The molecule has 0 saturated carbocycles. The number of alkyl halides is 1. The molecule has 1 aromatic heterocycles. The summed E-state index contributed by atoms with van der Waals surface area (Å²) in [6.07, 6.45) is 0. The number of nitrogens with zero attached hydrogens (tertiary/aromatic N) is 3. The summed E-state index contributed by atoms with van der Waals surface area (Å²) in [6, 6.07) is 7.13. The van der Waals surface area contributed by atoms with Gasteiger partial charge >= 0.3 is 0 Å². The molecule has 1 amide bonds. The number of benzene rings is 1. The average molecular weight is 263 g/mol. The molecule has 0 saturated heterocycles. The molecule has 1 atom stereocenters. The van der Waals surface area contributed by atoms with Crippen LogP contribution in [0, 0.1) is 11.3 Å². The van der Waals surface area contributed by atoms with Crippen molar-refractivity contribution in [3.8, 4) is 6.07 Å². The molecule has 2 aromatic rings. The van der Waals surface area contributed by atoms with E-state index in [2.05, 4.69) is 4.98 Å². The number of primary amides is 1. The van der Waals surface area contributed by atoms with Gasteiger partial charge in [0.25, 0.3) is 0 Å². The number of imidazole rings is 1. The topological polar surface area (TPSA) is 84.7 Å². The summed E-state index contributed by atoms with van der Waals surface area (Å²) in [5.74, 6) is 0.0933. The van der Waals surface area contributed by atoms with Crippen LogP contribution in [0.1, 0.15) is 23.7 Å². The van der Waals surface area contributed by atoms with Crippen LogP contribution in [0.5, 0.6) is 0 Å². The molecule has 1 heterocycles. The monoisotopic (exact) mass is 262 g/mol. The standard InChI is InChI=1S/C12H11ClN4O/c1-7(13)12-16-9-3-2-8(5-14)4-10(9)17(12)6-11(15)18/h2-4,7H,6H2,1H3,(H2,15,18). The van der Waals surface area contributed by atoms with Crippen molar-refractivity contribution in [2.75, 3.05) is 0 Å². The number of halogens is 1. The molecular weight excluding hydrogens is 252 g/mol. The lowest BCUT2D eigenvalue weighted by molar-refractivity contribution is -0.118. The van der Waals surface area contributed by atoms with E-state index in [9.17, 15) is 4.79 Å². The van der Waals surface area contributed by atoms with Crippen molar-refractivity contribution in [3.05, 3.63) is 29.6 Å². The van der Waals surface area contributed by atoms with Gasteiger partial charge in [0, 0.05) is 0 Å². The first-order valence-electron chi connectivity index (χ1n) is 5.35. The van der Waals surface area contributed by atoms with Crippen LogP contribution in [0.3, 0.4) is 0 Å². The predicted octanol–water partition coefficient (Wildman–Crippen LogP) is 1.69. The second-order valence-corrected chi connectivity index (χ2v) is 4.61. The number of rotatable bonds is 3. The van der Waals surface area contributed by atoms with E-state index in [0.717, 1.165) is 0 Å². The molecule has 0 radical (unpaired) electrons. The SMILES string of the molecule is CC(Cl)c1nc2ccc(C#N)cc2n1CC(N)=O. The normalized spacial score (nSPS) is 12.3. The Morgan fingerprint density at radius 2 is 2.39 bits per heavy atom. The summed E-state index contributed by atoms with van der Waals surface area (Å²) in [4.78, 5) is 15.5. The molecule has 0 aliphatic carbocycles. The van der Waals surface area contributed by atoms with Crippen LogP contribution in [-0.4, -0.2) is 15.5 Å². The summed E-state index contributed by atoms with van der Waals surface area (Å²) in [6.45, 7) is 1.77. The lowest BCUT2D eigenvalue weighted by Gasteiger charge is -2.07. The number of nitrogens with two attached hydrogens (primary N) is 1. The number of amides is 1. The minimum absolute atomic E-state index is 0.00221. The first-order valence-corrected chi connectivity index (χ1v) is 5.79. The van der Waals surface area contributed by atoms with E-state index in [1.807, 2.05) is 6.07 Å². The van der Waals surface area contributed by atoms with E-state index in [0.29, 0.717) is 22.4 Å². The Kier molecular flexibility index (Phi) is 3.21. The van der Waals surface area contributed by atoms with Crippen LogP contribution in [0.25, 0.3) is 11.0 Å². The molecule has 5 nitrogen and oxygen atoms in total. The lowest BCUT2D eigenvalue weighted by Crippen LogP contribution is -2.20. The molecular formula is C12H11ClN4O. The molecule has 2 N–H and O–H groups in total. The number of nitriles is 1. The molecule has 0 aliphatic rings. The van der Waals surface area contributed by atoms with Crippen LogP contribution in [0.15, 0.2) is 18.2 Å². The van der Waals surface area contributed by atoms with Crippen LogP contribution in [-0.2, 0) is 11.3 Å². The molecule has 0 aliphatic heterocycles. The van der Waals surface area contributed by atoms with Crippen LogP contribution >= 0.6 is 11.6 Å². The minimum Gasteiger partial charge on any atom is -0.368 e. The molecule has 2 rings (SSSR count). The molecule has 0 bridgehead atoms. The highest BCUT2D eigenvalue weighted by Gasteiger charge is 2.16. The van der Waals surface area contributed by atoms with Gasteiger partial charge in [-0.05, 0) is 25.1 Å². The highest BCUT2D eigenvalue weighted by Crippen LogP contribution is 2.25. The number of hydrogen-bond donors (Lipinski definition) is 1.